The molecule has 1 aliphatic heterocycles. The van der Waals surface area contributed by atoms with E-state index in [0.29, 0.717) is 41.0 Å². The number of carboxylic acid groups (broad SMARTS) is 1. The van der Waals surface area contributed by atoms with Crippen molar-refractivity contribution in [1.29, 1.82) is 0 Å². The molecule has 0 aromatic heterocycles. The van der Waals surface area contributed by atoms with Crippen LogP contribution in [0.3, 0.4) is 0 Å². The van der Waals surface area contributed by atoms with Crippen molar-refractivity contribution in [3.8, 4) is 5.75 Å². The summed E-state index contributed by atoms with van der Waals surface area (Å²) in [5.41, 5.74) is 7.44. The quantitative estimate of drug-likeness (QED) is 0.449. The molecule has 0 aliphatic carbocycles. The van der Waals surface area contributed by atoms with Crippen molar-refractivity contribution >= 4 is 29.3 Å². The van der Waals surface area contributed by atoms with Crippen molar-refractivity contribution in [1.82, 2.24) is 15.5 Å². The standard InChI is InChI=1S/C23H29ClN4O4/c1-32-21-12-19(25)18(24)11-17(21)22(29)26-13-15-7-9-28(10-8-15)14-20(27-23(30)31)16-5-3-2-4-6-16/h2-6,11-12,15,20,27H,7-10,13-14,25H2,1H3,(H,26,29)(H,30,31). The van der Waals surface area contributed by atoms with Crippen molar-refractivity contribution in [2.24, 2.45) is 5.92 Å². The number of rotatable bonds is 8. The number of methoxy groups -OCH3 is 1. The number of nitrogens with zero attached hydrogens (tertiary/aromatic N) is 1. The maximum Gasteiger partial charge on any atom is 0.405 e. The number of ether oxygens (including phenoxy) is 1. The fourth-order valence-electron chi connectivity index (χ4n) is 3.95. The highest BCUT2D eigenvalue weighted by atomic mass is 35.5. The highest BCUT2D eigenvalue weighted by molar-refractivity contribution is 6.33. The summed E-state index contributed by atoms with van der Waals surface area (Å²) >= 11 is 6.06. The number of anilines is 1. The second-order valence-corrected chi connectivity index (χ2v) is 8.35. The van der Waals surface area contributed by atoms with E-state index in [2.05, 4.69) is 15.5 Å². The molecule has 1 aliphatic rings. The van der Waals surface area contributed by atoms with Gasteiger partial charge in [0.2, 0.25) is 0 Å². The third-order valence-corrected chi connectivity index (χ3v) is 6.09. The van der Waals surface area contributed by atoms with E-state index in [-0.39, 0.29) is 11.9 Å². The zero-order valence-corrected chi connectivity index (χ0v) is 18.8. The zero-order valence-electron chi connectivity index (χ0n) is 18.0. The van der Waals surface area contributed by atoms with E-state index < -0.39 is 6.09 Å². The van der Waals surface area contributed by atoms with Gasteiger partial charge in [-0.05, 0) is 43.5 Å². The van der Waals surface area contributed by atoms with Gasteiger partial charge in [0.15, 0.2) is 0 Å². The molecule has 2 aromatic carbocycles. The van der Waals surface area contributed by atoms with E-state index in [0.717, 1.165) is 31.5 Å². The maximum atomic E-state index is 12.6. The van der Waals surface area contributed by atoms with Gasteiger partial charge in [0.05, 0.1) is 29.4 Å². The second kappa shape index (κ2) is 11.1. The summed E-state index contributed by atoms with van der Waals surface area (Å²) in [5.74, 6) is 0.478. The average Bonchev–Trinajstić information content (AvgIpc) is 2.79. The molecule has 8 nitrogen and oxygen atoms in total. The molecule has 2 amide bonds. The van der Waals surface area contributed by atoms with Gasteiger partial charge < -0.3 is 31.1 Å². The van der Waals surface area contributed by atoms with Crippen LogP contribution < -0.4 is 21.1 Å². The number of carbonyl (C=O) groups is 2. The van der Waals surface area contributed by atoms with Crippen molar-refractivity contribution in [2.75, 3.05) is 39.0 Å². The van der Waals surface area contributed by atoms with Crippen molar-refractivity contribution < 1.29 is 19.4 Å². The van der Waals surface area contributed by atoms with Gasteiger partial charge in [-0.15, -0.1) is 0 Å². The Morgan fingerprint density at radius 2 is 1.94 bits per heavy atom. The summed E-state index contributed by atoms with van der Waals surface area (Å²) in [5, 5.41) is 15.1. The van der Waals surface area contributed by atoms with Crippen molar-refractivity contribution in [2.45, 2.75) is 18.9 Å². The van der Waals surface area contributed by atoms with Crippen LogP contribution in [-0.4, -0.2) is 55.3 Å². The molecule has 0 bridgehead atoms. The number of carbonyl (C=O) groups excluding carboxylic acids is 1. The predicted molar refractivity (Wildman–Crippen MR) is 124 cm³/mol. The molecule has 0 radical (unpaired) electrons. The molecule has 5 N–H and O–H groups in total. The van der Waals surface area contributed by atoms with Crippen LogP contribution in [0.1, 0.15) is 34.8 Å². The summed E-state index contributed by atoms with van der Waals surface area (Å²) < 4.78 is 5.26. The van der Waals surface area contributed by atoms with E-state index in [1.165, 1.54) is 13.2 Å². The molecule has 1 unspecified atom stereocenters. The Labute approximate surface area is 192 Å². The molecule has 172 valence electrons. The Kier molecular flexibility index (Phi) is 8.19. The van der Waals surface area contributed by atoms with E-state index in [1.807, 2.05) is 30.3 Å². The SMILES string of the molecule is COc1cc(N)c(Cl)cc1C(=O)NCC1CCN(CC(NC(=O)O)c2ccccc2)CC1. The minimum atomic E-state index is -1.03. The molecular formula is C23H29ClN4O4. The highest BCUT2D eigenvalue weighted by Gasteiger charge is 2.24. The smallest absolute Gasteiger partial charge is 0.405 e. The largest absolute Gasteiger partial charge is 0.496 e. The summed E-state index contributed by atoms with van der Waals surface area (Å²) in [6, 6.07) is 12.4. The third kappa shape index (κ3) is 6.27. The maximum absolute atomic E-state index is 12.6. The monoisotopic (exact) mass is 460 g/mol. The van der Waals surface area contributed by atoms with Gasteiger partial charge >= 0.3 is 6.09 Å². The van der Waals surface area contributed by atoms with Crippen LogP contribution in [0.4, 0.5) is 10.5 Å². The first kappa shape index (κ1) is 23.7. The third-order valence-electron chi connectivity index (χ3n) is 5.76. The molecule has 1 saturated heterocycles. The molecule has 2 aromatic rings. The number of piperidine rings is 1. The second-order valence-electron chi connectivity index (χ2n) is 7.94. The van der Waals surface area contributed by atoms with E-state index in [4.69, 9.17) is 22.1 Å². The Bertz CT molecular complexity index is 933. The lowest BCUT2D eigenvalue weighted by atomic mass is 9.95. The van der Waals surface area contributed by atoms with Crippen LogP contribution >= 0.6 is 11.6 Å². The van der Waals surface area contributed by atoms with Gasteiger partial charge in [-0.25, -0.2) is 4.79 Å². The van der Waals surface area contributed by atoms with Crippen LogP contribution in [0.2, 0.25) is 5.02 Å². The molecular weight excluding hydrogens is 432 g/mol. The topological polar surface area (TPSA) is 117 Å². The number of amides is 2. The molecule has 3 rings (SSSR count). The number of nitrogen functional groups attached to an aromatic ring is 1. The minimum Gasteiger partial charge on any atom is -0.496 e. The first-order valence-corrected chi connectivity index (χ1v) is 10.9. The number of benzene rings is 2. The molecule has 9 heteroatoms. The number of nitrogens with two attached hydrogens (primary N) is 1. The fraction of sp³-hybridized carbons (Fsp3) is 0.391. The highest BCUT2D eigenvalue weighted by Crippen LogP contribution is 2.29. The van der Waals surface area contributed by atoms with E-state index in [1.54, 1.807) is 6.07 Å². The molecule has 1 atom stereocenters. The van der Waals surface area contributed by atoms with Gasteiger partial charge in [-0.2, -0.15) is 0 Å². The molecule has 0 saturated carbocycles. The number of likely N-dealkylation sites (tertiary alicyclic amines) is 1. The number of nitrogens with one attached hydrogen (secondary N) is 2. The van der Waals surface area contributed by atoms with E-state index >= 15 is 0 Å². The lowest BCUT2D eigenvalue weighted by Gasteiger charge is -2.34. The summed E-state index contributed by atoms with van der Waals surface area (Å²) in [7, 11) is 1.48. The van der Waals surface area contributed by atoms with E-state index in [9.17, 15) is 14.7 Å². The Balaban J connectivity index is 1.51. The summed E-state index contributed by atoms with van der Waals surface area (Å²) in [6.45, 7) is 2.83. The van der Waals surface area contributed by atoms with Gasteiger partial charge in [-0.3, -0.25) is 4.79 Å². The lowest BCUT2D eigenvalue weighted by molar-refractivity contribution is 0.0932. The Morgan fingerprint density at radius 1 is 1.25 bits per heavy atom. The van der Waals surface area contributed by atoms with Crippen LogP contribution in [0, 0.1) is 5.92 Å². The van der Waals surface area contributed by atoms with Crippen LogP contribution in [0.15, 0.2) is 42.5 Å². The average molecular weight is 461 g/mol. The van der Waals surface area contributed by atoms with Gasteiger partial charge in [-0.1, -0.05) is 41.9 Å². The first-order chi connectivity index (χ1) is 15.4. The number of hydrogen-bond acceptors (Lipinski definition) is 5. The Morgan fingerprint density at radius 3 is 2.56 bits per heavy atom. The number of halogens is 1. The van der Waals surface area contributed by atoms with Gasteiger partial charge in [0.25, 0.3) is 5.91 Å². The van der Waals surface area contributed by atoms with Crippen molar-refractivity contribution in [3.05, 3.63) is 58.6 Å². The summed E-state index contributed by atoms with van der Waals surface area (Å²) in [6.07, 6.45) is 0.790. The minimum absolute atomic E-state index is 0.249. The molecule has 32 heavy (non-hydrogen) atoms. The molecule has 1 fully saturated rings. The Hall–Kier alpha value is -2.97. The predicted octanol–water partition coefficient (Wildman–Crippen LogP) is 3.38. The summed E-state index contributed by atoms with van der Waals surface area (Å²) in [4.78, 5) is 26.1. The van der Waals surface area contributed by atoms with Gasteiger partial charge in [0, 0.05) is 19.2 Å². The first-order valence-electron chi connectivity index (χ1n) is 10.5. The lowest BCUT2D eigenvalue weighted by Crippen LogP contribution is -2.43. The zero-order chi connectivity index (χ0) is 23.1. The number of hydrogen-bond donors (Lipinski definition) is 4. The normalized spacial score (nSPS) is 15.7. The molecule has 0 spiro atoms. The van der Waals surface area contributed by atoms with Crippen LogP contribution in [-0.2, 0) is 0 Å². The van der Waals surface area contributed by atoms with Crippen LogP contribution in [0.25, 0.3) is 0 Å². The molecule has 1 heterocycles. The fourth-order valence-corrected chi connectivity index (χ4v) is 4.11. The van der Waals surface area contributed by atoms with Gasteiger partial charge in [0.1, 0.15) is 5.75 Å². The van der Waals surface area contributed by atoms with Crippen molar-refractivity contribution in [3.63, 3.8) is 0 Å². The van der Waals surface area contributed by atoms with Crippen LogP contribution in [0.5, 0.6) is 5.75 Å².